The van der Waals surface area contributed by atoms with Gasteiger partial charge in [0.15, 0.2) is 5.82 Å². The highest BCUT2D eigenvalue weighted by molar-refractivity contribution is 7.99. The Kier molecular flexibility index (Phi) is 3.95. The lowest BCUT2D eigenvalue weighted by Crippen LogP contribution is -2.34. The highest BCUT2D eigenvalue weighted by Crippen LogP contribution is 2.37. The molecule has 0 atom stereocenters. The van der Waals surface area contributed by atoms with E-state index in [4.69, 9.17) is 10.3 Å². The molecule has 112 valence electrons. The molecule has 1 aliphatic rings. The van der Waals surface area contributed by atoms with Crippen molar-refractivity contribution in [1.82, 2.24) is 10.1 Å². The number of rotatable bonds is 4. The summed E-state index contributed by atoms with van der Waals surface area (Å²) in [6.45, 7) is 0. The number of nitrogens with zero attached hydrogens (tertiary/aromatic N) is 2. The third-order valence-corrected chi connectivity index (χ3v) is 4.49. The summed E-state index contributed by atoms with van der Waals surface area (Å²) < 4.78 is 30.5. The number of halogens is 2. The van der Waals surface area contributed by atoms with Crippen LogP contribution < -0.4 is 5.73 Å². The molecule has 0 bridgehead atoms. The fourth-order valence-corrected chi connectivity index (χ4v) is 3.24. The van der Waals surface area contributed by atoms with E-state index in [0.717, 1.165) is 25.7 Å². The molecule has 1 fully saturated rings. The summed E-state index contributed by atoms with van der Waals surface area (Å²) in [6.07, 6.45) is 3.72. The molecule has 0 spiro atoms. The maximum Gasteiger partial charge on any atom is 0.288 e. The molecule has 0 unspecified atom stereocenters. The third-order valence-electron chi connectivity index (χ3n) is 3.70. The van der Waals surface area contributed by atoms with Gasteiger partial charge in [-0.25, -0.2) is 0 Å². The molecule has 1 aromatic carbocycles. The lowest BCUT2D eigenvalue weighted by Gasteiger charge is -2.17. The summed E-state index contributed by atoms with van der Waals surface area (Å²) in [5, 5.41) is 3.96. The van der Waals surface area contributed by atoms with Gasteiger partial charge < -0.3 is 10.3 Å². The minimum absolute atomic E-state index is 0.241. The molecule has 2 N–H and O–H groups in total. The van der Waals surface area contributed by atoms with Gasteiger partial charge >= 0.3 is 0 Å². The molecule has 1 aliphatic carbocycles. The van der Waals surface area contributed by atoms with Gasteiger partial charge in [0.2, 0.25) is 0 Å². The van der Waals surface area contributed by atoms with Gasteiger partial charge in [0.05, 0.1) is 11.1 Å². The zero-order valence-electron chi connectivity index (χ0n) is 11.3. The van der Waals surface area contributed by atoms with Crippen molar-refractivity contribution in [3.8, 4) is 11.5 Å². The van der Waals surface area contributed by atoms with Crippen molar-refractivity contribution < 1.29 is 13.3 Å². The van der Waals surface area contributed by atoms with Crippen molar-refractivity contribution in [3.63, 3.8) is 0 Å². The van der Waals surface area contributed by atoms with Crippen LogP contribution in [-0.2, 0) is 5.54 Å². The highest BCUT2D eigenvalue weighted by atomic mass is 32.2. The van der Waals surface area contributed by atoms with Crippen molar-refractivity contribution in [2.24, 2.45) is 5.73 Å². The first kappa shape index (κ1) is 14.5. The lowest BCUT2D eigenvalue weighted by molar-refractivity contribution is 0.252. The minimum Gasteiger partial charge on any atom is -0.334 e. The maximum atomic E-state index is 12.6. The summed E-state index contributed by atoms with van der Waals surface area (Å²) in [6, 6.07) is 6.76. The third kappa shape index (κ3) is 2.94. The van der Waals surface area contributed by atoms with Gasteiger partial charge in [-0.15, -0.1) is 0 Å². The predicted molar refractivity (Wildman–Crippen MR) is 75.9 cm³/mol. The van der Waals surface area contributed by atoms with Crippen LogP contribution in [0.3, 0.4) is 0 Å². The van der Waals surface area contributed by atoms with E-state index in [1.807, 2.05) is 0 Å². The average molecular weight is 311 g/mol. The maximum absolute atomic E-state index is 12.6. The van der Waals surface area contributed by atoms with Crippen molar-refractivity contribution >= 4 is 11.8 Å². The van der Waals surface area contributed by atoms with Crippen LogP contribution in [0, 0.1) is 0 Å². The second-order valence-corrected chi connectivity index (χ2v) is 6.19. The number of hydrogen-bond donors (Lipinski definition) is 1. The number of aromatic nitrogens is 2. The van der Waals surface area contributed by atoms with Crippen LogP contribution in [0.4, 0.5) is 8.78 Å². The molecular weight excluding hydrogens is 296 g/mol. The minimum atomic E-state index is -2.50. The lowest BCUT2D eigenvalue weighted by atomic mass is 9.99. The molecule has 1 saturated carbocycles. The Balaban J connectivity index is 1.93. The van der Waals surface area contributed by atoms with Crippen LogP contribution in [0.25, 0.3) is 11.5 Å². The smallest absolute Gasteiger partial charge is 0.288 e. The number of thioether (sulfide) groups is 1. The van der Waals surface area contributed by atoms with Gasteiger partial charge in [-0.1, -0.05) is 41.9 Å². The zero-order valence-corrected chi connectivity index (χ0v) is 12.1. The van der Waals surface area contributed by atoms with E-state index in [-0.39, 0.29) is 5.89 Å². The molecule has 0 aliphatic heterocycles. The van der Waals surface area contributed by atoms with Gasteiger partial charge in [-0.2, -0.15) is 13.8 Å². The molecule has 1 aromatic heterocycles. The number of alkyl halides is 2. The first-order valence-electron chi connectivity index (χ1n) is 6.76. The van der Waals surface area contributed by atoms with Gasteiger partial charge in [0, 0.05) is 4.90 Å². The number of nitrogens with two attached hydrogens (primary N) is 1. The summed E-state index contributed by atoms with van der Waals surface area (Å²) >= 11 is 0.468. The molecule has 7 heteroatoms. The number of hydrogen-bond acceptors (Lipinski definition) is 5. The molecule has 4 nitrogen and oxygen atoms in total. The average Bonchev–Trinajstić information content (AvgIpc) is 3.08. The predicted octanol–water partition coefficient (Wildman–Crippen LogP) is 3.78. The van der Waals surface area contributed by atoms with Crippen LogP contribution in [-0.4, -0.2) is 15.9 Å². The van der Waals surface area contributed by atoms with E-state index < -0.39 is 11.3 Å². The first-order valence-corrected chi connectivity index (χ1v) is 7.64. The van der Waals surface area contributed by atoms with Gasteiger partial charge in [0.25, 0.3) is 11.6 Å². The molecular formula is C14H15F2N3OS. The van der Waals surface area contributed by atoms with Gasteiger partial charge in [-0.3, -0.25) is 0 Å². The standard InChI is InChI=1S/C14H15F2N3OS/c15-13(16)21-10-6-2-1-5-9(10)11-18-12(19-20-11)14(17)7-3-4-8-14/h1-2,5-6,13H,3-4,7-8,17H2. The molecule has 1 heterocycles. The van der Waals surface area contributed by atoms with Crippen LogP contribution in [0.15, 0.2) is 33.7 Å². The van der Waals surface area contributed by atoms with E-state index >= 15 is 0 Å². The Morgan fingerprint density at radius 1 is 1.24 bits per heavy atom. The molecule has 21 heavy (non-hydrogen) atoms. The van der Waals surface area contributed by atoms with E-state index in [0.29, 0.717) is 28.0 Å². The second-order valence-electron chi connectivity index (χ2n) is 5.16. The van der Waals surface area contributed by atoms with Crippen LogP contribution in [0.2, 0.25) is 0 Å². The van der Waals surface area contributed by atoms with Crippen LogP contribution in [0.1, 0.15) is 31.5 Å². The SMILES string of the molecule is NC1(c2noc(-c3ccccc3SC(F)F)n2)CCCC1. The van der Waals surface area contributed by atoms with Crippen LogP contribution in [0.5, 0.6) is 0 Å². The normalized spacial score (nSPS) is 17.5. The van der Waals surface area contributed by atoms with Gasteiger partial charge in [0.1, 0.15) is 0 Å². The van der Waals surface area contributed by atoms with Crippen molar-refractivity contribution in [1.29, 1.82) is 0 Å². The zero-order chi connectivity index (χ0) is 14.9. The highest BCUT2D eigenvalue weighted by Gasteiger charge is 2.36. The first-order chi connectivity index (χ1) is 10.1. The van der Waals surface area contributed by atoms with Crippen LogP contribution >= 0.6 is 11.8 Å². The summed E-state index contributed by atoms with van der Waals surface area (Å²) in [5.74, 6) is -1.79. The summed E-state index contributed by atoms with van der Waals surface area (Å²) in [7, 11) is 0. The molecule has 0 amide bonds. The fraction of sp³-hybridized carbons (Fsp3) is 0.429. The largest absolute Gasteiger partial charge is 0.334 e. The molecule has 0 radical (unpaired) electrons. The van der Waals surface area contributed by atoms with E-state index in [2.05, 4.69) is 10.1 Å². The van der Waals surface area contributed by atoms with E-state index in [1.54, 1.807) is 24.3 Å². The molecule has 0 saturated heterocycles. The monoisotopic (exact) mass is 311 g/mol. The van der Waals surface area contributed by atoms with E-state index in [1.165, 1.54) is 0 Å². The summed E-state index contributed by atoms with van der Waals surface area (Å²) in [4.78, 5) is 4.76. The van der Waals surface area contributed by atoms with Crippen molar-refractivity contribution in [3.05, 3.63) is 30.1 Å². The summed E-state index contributed by atoms with van der Waals surface area (Å²) in [5.41, 5.74) is 6.25. The Hall–Kier alpha value is -1.47. The van der Waals surface area contributed by atoms with Gasteiger partial charge in [-0.05, 0) is 25.0 Å². The number of benzene rings is 1. The van der Waals surface area contributed by atoms with Crippen molar-refractivity contribution in [2.45, 2.75) is 41.9 Å². The second kappa shape index (κ2) is 5.73. The Bertz CT molecular complexity index is 626. The van der Waals surface area contributed by atoms with Crippen molar-refractivity contribution in [2.75, 3.05) is 0 Å². The Labute approximate surface area is 125 Å². The fourth-order valence-electron chi connectivity index (χ4n) is 2.61. The molecule has 3 rings (SSSR count). The van der Waals surface area contributed by atoms with E-state index in [9.17, 15) is 8.78 Å². The Morgan fingerprint density at radius 3 is 2.67 bits per heavy atom. The topological polar surface area (TPSA) is 64.9 Å². The quantitative estimate of drug-likeness (QED) is 0.871. The Morgan fingerprint density at radius 2 is 1.95 bits per heavy atom. The molecule has 2 aromatic rings.